The Bertz CT molecular complexity index is 1980. The van der Waals surface area contributed by atoms with E-state index in [1.165, 1.54) is 0 Å². The van der Waals surface area contributed by atoms with Crippen molar-refractivity contribution in [3.63, 3.8) is 0 Å². The molecule has 4 N–H and O–H groups in total. The topological polar surface area (TPSA) is 169 Å². The third-order valence-corrected chi connectivity index (χ3v) is 7.08. The fourth-order valence-electron chi connectivity index (χ4n) is 4.96. The van der Waals surface area contributed by atoms with Crippen LogP contribution >= 0.6 is 0 Å². The van der Waals surface area contributed by atoms with Crippen LogP contribution in [0.4, 0.5) is 0 Å². The Labute approximate surface area is 286 Å². The van der Waals surface area contributed by atoms with Gasteiger partial charge in [0.25, 0.3) is 0 Å². The fourth-order valence-corrected chi connectivity index (χ4v) is 4.96. The average Bonchev–Trinajstić information content (AvgIpc) is 3.76. The average molecular weight is 683 g/mol. The third kappa shape index (κ3) is 10.1. The molecule has 8 aromatic rings. The molecule has 0 saturated carbocycles. The van der Waals surface area contributed by atoms with Gasteiger partial charge in [0, 0.05) is 24.8 Å². The maximum atomic E-state index is 10.5. The number of hydrogen-bond donors (Lipinski definition) is 2. The van der Waals surface area contributed by atoms with Crippen LogP contribution < -0.4 is 10.2 Å². The Morgan fingerprint density at radius 1 is 0.500 bits per heavy atom. The summed E-state index contributed by atoms with van der Waals surface area (Å²) in [5, 5.41) is 25.1. The van der Waals surface area contributed by atoms with Crippen molar-refractivity contribution in [2.24, 2.45) is 0 Å². The van der Waals surface area contributed by atoms with Crippen molar-refractivity contribution in [3.05, 3.63) is 157 Å². The molecule has 0 unspecified atom stereocenters. The molecular weight excluding hydrogens is 651 g/mol. The number of imidazole rings is 2. The number of carbonyl (C=O) groups excluding carboxylic acids is 2. The van der Waals surface area contributed by atoms with E-state index in [1.54, 1.807) is 12.7 Å². The Kier molecular flexibility index (Phi) is 14.0. The minimum Gasteiger partial charge on any atom is -0.550 e. The van der Waals surface area contributed by atoms with Crippen molar-refractivity contribution in [2.75, 3.05) is 0 Å². The number of carbonyl (C=O) groups is 2. The summed E-state index contributed by atoms with van der Waals surface area (Å²) < 4.78 is 0. The summed E-state index contributed by atoms with van der Waals surface area (Å²) in [5.74, 6) is -2.08. The number of nitrogens with one attached hydrogen (secondary N) is 2. The number of H-pyrrole nitrogens is 2. The third-order valence-electron chi connectivity index (χ3n) is 7.08. The number of rotatable bonds is 4. The molecule has 0 aliphatic carbocycles. The SMILES string of the molecule is O.O=C([O-])Cc1cccc2ccccc12.O=C([O-])Cc1cccc2ccccc12.[Ni+2].c1ccc2[nH]cnc2c1.c1ccc2[nH]cnc2c1. The molecule has 9 nitrogen and oxygen atoms in total. The van der Waals surface area contributed by atoms with Gasteiger partial charge in [0.05, 0.1) is 34.7 Å². The minimum atomic E-state index is -1.04. The predicted octanol–water partition coefficient (Wildman–Crippen LogP) is 4.56. The number of carboxylic acids is 2. The monoisotopic (exact) mass is 682 g/mol. The van der Waals surface area contributed by atoms with Crippen LogP contribution in [0.3, 0.4) is 0 Å². The van der Waals surface area contributed by atoms with E-state index in [1.807, 2.05) is 133 Å². The van der Waals surface area contributed by atoms with E-state index >= 15 is 0 Å². The molecule has 0 atom stereocenters. The number of aromatic amines is 2. The molecule has 0 saturated heterocycles. The normalized spacial score (nSPS) is 9.83. The maximum absolute atomic E-state index is 10.5. The number of nitrogens with zero attached hydrogens (tertiary/aromatic N) is 2. The van der Waals surface area contributed by atoms with Gasteiger partial charge < -0.3 is 35.2 Å². The number of carboxylic acid groups (broad SMARTS) is 2. The molecule has 6 aromatic carbocycles. The summed E-state index contributed by atoms with van der Waals surface area (Å²) >= 11 is 0. The molecule has 2 heterocycles. The van der Waals surface area contributed by atoms with Crippen LogP contribution in [-0.4, -0.2) is 37.4 Å². The Hall–Kier alpha value is -5.83. The Morgan fingerprint density at radius 2 is 0.854 bits per heavy atom. The van der Waals surface area contributed by atoms with Gasteiger partial charge in [-0.1, -0.05) is 109 Å². The molecular formula is C38H32N4NiO5. The molecule has 48 heavy (non-hydrogen) atoms. The molecule has 2 aromatic heterocycles. The number of para-hydroxylation sites is 4. The summed E-state index contributed by atoms with van der Waals surface area (Å²) in [5.41, 5.74) is 5.86. The van der Waals surface area contributed by atoms with Crippen molar-refractivity contribution in [3.8, 4) is 0 Å². The number of benzene rings is 6. The summed E-state index contributed by atoms with van der Waals surface area (Å²) in [6.07, 6.45) is 3.35. The first-order valence-electron chi connectivity index (χ1n) is 14.6. The second kappa shape index (κ2) is 18.4. The van der Waals surface area contributed by atoms with Gasteiger partial charge in [-0.05, 0) is 56.9 Å². The van der Waals surface area contributed by atoms with Crippen LogP contribution in [0.5, 0.6) is 0 Å². The first-order chi connectivity index (χ1) is 22.5. The summed E-state index contributed by atoms with van der Waals surface area (Å²) in [6, 6.07) is 42.6. The number of aliphatic carboxylic acids is 2. The van der Waals surface area contributed by atoms with Gasteiger partial charge in [-0.25, -0.2) is 9.97 Å². The summed E-state index contributed by atoms with van der Waals surface area (Å²) in [7, 11) is 0. The van der Waals surface area contributed by atoms with Crippen molar-refractivity contribution in [1.82, 2.24) is 19.9 Å². The zero-order chi connectivity index (χ0) is 32.1. The van der Waals surface area contributed by atoms with Gasteiger partial charge >= 0.3 is 16.5 Å². The molecule has 10 heteroatoms. The van der Waals surface area contributed by atoms with Crippen LogP contribution in [0.1, 0.15) is 11.1 Å². The molecule has 0 aliphatic rings. The largest absolute Gasteiger partial charge is 2.00 e. The van der Waals surface area contributed by atoms with Crippen LogP contribution in [0.15, 0.2) is 146 Å². The van der Waals surface area contributed by atoms with E-state index in [9.17, 15) is 19.8 Å². The van der Waals surface area contributed by atoms with Crippen molar-refractivity contribution >= 4 is 55.6 Å². The predicted molar refractivity (Wildman–Crippen MR) is 181 cm³/mol. The van der Waals surface area contributed by atoms with Crippen molar-refractivity contribution in [1.29, 1.82) is 0 Å². The number of fused-ring (bicyclic) bond motifs is 4. The van der Waals surface area contributed by atoms with Crippen molar-refractivity contribution in [2.45, 2.75) is 12.8 Å². The second-order valence-electron chi connectivity index (χ2n) is 10.2. The van der Waals surface area contributed by atoms with E-state index in [-0.39, 0.29) is 34.8 Å². The van der Waals surface area contributed by atoms with E-state index in [0.29, 0.717) is 0 Å². The zero-order valence-electron chi connectivity index (χ0n) is 25.6. The number of hydrogen-bond acceptors (Lipinski definition) is 6. The minimum absolute atomic E-state index is 0. The van der Waals surface area contributed by atoms with Crippen LogP contribution in [0.2, 0.25) is 0 Å². The van der Waals surface area contributed by atoms with Gasteiger partial charge in [0.2, 0.25) is 0 Å². The quantitative estimate of drug-likeness (QED) is 0.258. The zero-order valence-corrected chi connectivity index (χ0v) is 26.6. The molecule has 244 valence electrons. The smallest absolute Gasteiger partial charge is 0.550 e. The van der Waals surface area contributed by atoms with E-state index in [4.69, 9.17) is 0 Å². The first-order valence-corrected chi connectivity index (χ1v) is 14.6. The van der Waals surface area contributed by atoms with Gasteiger partial charge in [0.15, 0.2) is 0 Å². The van der Waals surface area contributed by atoms with Gasteiger partial charge in [-0.2, -0.15) is 0 Å². The molecule has 0 radical (unpaired) electrons. The van der Waals surface area contributed by atoms with E-state index in [0.717, 1.165) is 54.7 Å². The summed E-state index contributed by atoms with van der Waals surface area (Å²) in [6.45, 7) is 0. The van der Waals surface area contributed by atoms with Gasteiger partial charge in [-0.15, -0.1) is 0 Å². The molecule has 0 amide bonds. The Morgan fingerprint density at radius 3 is 1.25 bits per heavy atom. The first kappa shape index (κ1) is 36.6. The van der Waals surface area contributed by atoms with E-state index in [2.05, 4.69) is 19.9 Å². The van der Waals surface area contributed by atoms with Crippen LogP contribution in [-0.2, 0) is 38.9 Å². The molecule has 0 aliphatic heterocycles. The van der Waals surface area contributed by atoms with Crippen molar-refractivity contribution < 1.29 is 41.8 Å². The number of aromatic nitrogens is 4. The molecule has 0 fully saturated rings. The molecule has 0 bridgehead atoms. The van der Waals surface area contributed by atoms with Gasteiger partial charge in [0.1, 0.15) is 0 Å². The molecule has 0 spiro atoms. The summed E-state index contributed by atoms with van der Waals surface area (Å²) in [4.78, 5) is 35.1. The molecule has 8 rings (SSSR count). The maximum Gasteiger partial charge on any atom is 2.00 e. The Balaban J connectivity index is 0.000000174. The van der Waals surface area contributed by atoms with Gasteiger partial charge in [-0.3, -0.25) is 0 Å². The van der Waals surface area contributed by atoms with E-state index < -0.39 is 11.9 Å². The fraction of sp³-hybridized carbons (Fsp3) is 0.0526. The van der Waals surface area contributed by atoms with Crippen LogP contribution in [0, 0.1) is 0 Å². The second-order valence-corrected chi connectivity index (χ2v) is 10.2. The van der Waals surface area contributed by atoms with Crippen LogP contribution in [0.25, 0.3) is 43.6 Å². The standard InChI is InChI=1S/2C12H10O2.2C7H6N2.Ni.H2O/c2*13-12(14)8-10-6-3-5-9-4-1-2-7-11(9)10;2*1-2-4-7-6(3-1)8-5-9-7;;/h2*1-7H,8H2,(H,13,14);2*1-5H,(H,8,9);;1H2/q;;;;+2;/p-2.